The van der Waals surface area contributed by atoms with E-state index >= 15 is 0 Å². The second-order valence-corrected chi connectivity index (χ2v) is 1.80. The van der Waals surface area contributed by atoms with Crippen LogP contribution < -0.4 is 0 Å². The summed E-state index contributed by atoms with van der Waals surface area (Å²) in [5, 5.41) is 18.1. The molecule has 0 bridgehead atoms. The van der Waals surface area contributed by atoms with Gasteiger partial charge in [0.1, 0.15) is 0 Å². The van der Waals surface area contributed by atoms with Crippen LogP contribution in [0.5, 0.6) is 0 Å². The summed E-state index contributed by atoms with van der Waals surface area (Å²) in [6.45, 7) is 0. The van der Waals surface area contributed by atoms with Crippen LogP contribution in [-0.2, 0) is 4.79 Å². The molecule has 0 radical (unpaired) electrons. The van der Waals surface area contributed by atoms with Crippen molar-refractivity contribution < 1.29 is 9.90 Å². The Labute approximate surface area is 54.2 Å². The molecule has 0 unspecified atom stereocenters. The Hall–Kier alpha value is -1.04. The van der Waals surface area contributed by atoms with Crippen LogP contribution in [-0.4, -0.2) is 16.2 Å². The highest BCUT2D eigenvalue weighted by atomic mass is 35.5. The van der Waals surface area contributed by atoms with E-state index in [1.165, 1.54) is 0 Å². The van der Waals surface area contributed by atoms with Gasteiger partial charge in [0, 0.05) is 0 Å². The van der Waals surface area contributed by atoms with Crippen molar-refractivity contribution >= 4 is 17.6 Å². The normalized spacial score (nSPS) is 20.6. The van der Waals surface area contributed by atoms with Gasteiger partial charge >= 0.3 is 11.1 Å². The van der Waals surface area contributed by atoms with Crippen LogP contribution in [0.1, 0.15) is 0 Å². The maximum Gasteiger partial charge on any atom is 0.374 e. The molecule has 1 heterocycles. The molecule has 1 rings (SSSR count). The zero-order chi connectivity index (χ0) is 6.91. The molecule has 6 nitrogen and oxygen atoms in total. The van der Waals surface area contributed by atoms with Gasteiger partial charge in [0.2, 0.25) is 0 Å². The summed E-state index contributed by atoms with van der Waals surface area (Å²) in [5.41, 5.74) is 0. The molecule has 1 aliphatic heterocycles. The van der Waals surface area contributed by atoms with Crippen molar-refractivity contribution in [1.29, 1.82) is 0 Å². The molecule has 0 spiro atoms. The zero-order valence-corrected chi connectivity index (χ0v) is 4.78. The molecule has 9 heavy (non-hydrogen) atoms. The minimum Gasteiger partial charge on any atom is -0.477 e. The van der Waals surface area contributed by atoms with Gasteiger partial charge in [0.15, 0.2) is 0 Å². The van der Waals surface area contributed by atoms with Crippen LogP contribution in [0.25, 0.3) is 0 Å². The SMILES string of the molecule is O=C(O)C1(Cl)N=NN=N1. The first-order valence-corrected chi connectivity index (χ1v) is 2.29. The molecule has 0 aromatic rings. The number of alkyl halides is 1. The third-order valence-corrected chi connectivity index (χ3v) is 0.979. The van der Waals surface area contributed by atoms with Gasteiger partial charge in [-0.05, 0) is 10.4 Å². The van der Waals surface area contributed by atoms with Crippen LogP contribution in [0, 0.1) is 0 Å². The lowest BCUT2D eigenvalue weighted by Crippen LogP contribution is -2.24. The van der Waals surface area contributed by atoms with Gasteiger partial charge in [-0.3, -0.25) is 0 Å². The van der Waals surface area contributed by atoms with Crippen molar-refractivity contribution in [3.8, 4) is 0 Å². The van der Waals surface area contributed by atoms with E-state index in [-0.39, 0.29) is 0 Å². The summed E-state index contributed by atoms with van der Waals surface area (Å²) >= 11 is 5.19. The molecule has 0 saturated carbocycles. The Morgan fingerprint density at radius 1 is 1.44 bits per heavy atom. The largest absolute Gasteiger partial charge is 0.477 e. The Bertz CT molecular complexity index is 187. The van der Waals surface area contributed by atoms with Crippen LogP contribution in [0.4, 0.5) is 0 Å². The number of hydrogen-bond acceptors (Lipinski definition) is 5. The molecule has 0 aromatic heterocycles. The molecule has 48 valence electrons. The predicted octanol–water partition coefficient (Wildman–Crippen LogP) is 0.797. The number of hydrogen-bond donors (Lipinski definition) is 1. The second-order valence-electron chi connectivity index (χ2n) is 1.27. The van der Waals surface area contributed by atoms with Crippen LogP contribution >= 0.6 is 11.6 Å². The highest BCUT2D eigenvalue weighted by Gasteiger charge is 2.39. The van der Waals surface area contributed by atoms with Crippen molar-refractivity contribution in [3.05, 3.63) is 0 Å². The van der Waals surface area contributed by atoms with Crippen molar-refractivity contribution in [2.75, 3.05) is 0 Å². The van der Waals surface area contributed by atoms with Gasteiger partial charge in [-0.15, -0.1) is 10.2 Å². The third-order valence-electron chi connectivity index (χ3n) is 0.667. The zero-order valence-electron chi connectivity index (χ0n) is 4.02. The Balaban J connectivity index is 2.88. The molecule has 0 amide bonds. The third kappa shape index (κ3) is 0.879. The standard InChI is InChI=1S/C2HClN4O2/c3-2(1(8)9)4-6-7-5-2/h(H,8,9). The molecule has 0 fully saturated rings. The molecule has 0 atom stereocenters. The highest BCUT2D eigenvalue weighted by Crippen LogP contribution is 2.24. The first-order valence-electron chi connectivity index (χ1n) is 1.91. The average Bonchev–Trinajstić information content (AvgIpc) is 2.16. The van der Waals surface area contributed by atoms with Gasteiger partial charge in [0.05, 0.1) is 0 Å². The fourth-order valence-corrected chi connectivity index (χ4v) is 0.332. The van der Waals surface area contributed by atoms with E-state index in [9.17, 15) is 4.79 Å². The lowest BCUT2D eigenvalue weighted by atomic mass is 10.5. The smallest absolute Gasteiger partial charge is 0.374 e. The Morgan fingerprint density at radius 3 is 2.11 bits per heavy atom. The minimum atomic E-state index is -2.00. The molecule has 7 heteroatoms. The summed E-state index contributed by atoms with van der Waals surface area (Å²) in [6.07, 6.45) is 0. The molecule has 1 aliphatic rings. The molecular formula is C2HClN4O2. The summed E-state index contributed by atoms with van der Waals surface area (Å²) in [7, 11) is 0. The molecule has 0 aliphatic carbocycles. The quantitative estimate of drug-likeness (QED) is 0.440. The van der Waals surface area contributed by atoms with Gasteiger partial charge in [0.25, 0.3) is 0 Å². The lowest BCUT2D eigenvalue weighted by Gasteiger charge is -2.00. The number of carboxylic acid groups (broad SMARTS) is 1. The summed E-state index contributed by atoms with van der Waals surface area (Å²) < 4.78 is 0. The van der Waals surface area contributed by atoms with E-state index < -0.39 is 11.1 Å². The number of carboxylic acids is 1. The fourth-order valence-electron chi connectivity index (χ4n) is 0.264. The number of halogens is 1. The first kappa shape index (κ1) is 6.09. The predicted molar refractivity (Wildman–Crippen MR) is 25.9 cm³/mol. The number of carbonyl (C=O) groups is 1. The fraction of sp³-hybridized carbons (Fsp3) is 0.500. The van der Waals surface area contributed by atoms with Crippen LogP contribution in [0.3, 0.4) is 0 Å². The first-order chi connectivity index (χ1) is 4.15. The molecule has 1 N–H and O–H groups in total. The van der Waals surface area contributed by atoms with Crippen LogP contribution in [0.2, 0.25) is 0 Å². The molecular weight excluding hydrogens is 148 g/mol. The van der Waals surface area contributed by atoms with E-state index in [1.807, 2.05) is 0 Å². The van der Waals surface area contributed by atoms with Gasteiger partial charge in [-0.2, -0.15) is 0 Å². The van der Waals surface area contributed by atoms with Crippen molar-refractivity contribution in [2.45, 2.75) is 5.12 Å². The summed E-state index contributed by atoms with van der Waals surface area (Å²) in [5.74, 6) is -1.38. The van der Waals surface area contributed by atoms with E-state index in [4.69, 9.17) is 16.7 Å². The maximum atomic E-state index is 10.1. The van der Waals surface area contributed by atoms with Gasteiger partial charge in [-0.25, -0.2) is 4.79 Å². The molecule has 0 saturated heterocycles. The average molecular weight is 149 g/mol. The minimum absolute atomic E-state index is 1.38. The van der Waals surface area contributed by atoms with Gasteiger partial charge in [-0.1, -0.05) is 11.6 Å². The maximum absolute atomic E-state index is 10.1. The summed E-state index contributed by atoms with van der Waals surface area (Å²) in [4.78, 5) is 10.1. The highest BCUT2D eigenvalue weighted by molar-refractivity contribution is 6.33. The number of aliphatic carboxylic acids is 1. The van der Waals surface area contributed by atoms with Crippen molar-refractivity contribution in [1.82, 2.24) is 0 Å². The van der Waals surface area contributed by atoms with E-state index in [0.29, 0.717) is 0 Å². The van der Waals surface area contributed by atoms with Crippen molar-refractivity contribution in [3.63, 3.8) is 0 Å². The summed E-state index contributed by atoms with van der Waals surface area (Å²) in [6, 6.07) is 0. The monoisotopic (exact) mass is 148 g/mol. The Kier molecular flexibility index (Phi) is 1.17. The van der Waals surface area contributed by atoms with Crippen LogP contribution in [0.15, 0.2) is 20.7 Å². The van der Waals surface area contributed by atoms with E-state index in [1.54, 1.807) is 0 Å². The van der Waals surface area contributed by atoms with E-state index in [2.05, 4.69) is 20.7 Å². The molecule has 0 aromatic carbocycles. The topological polar surface area (TPSA) is 86.7 Å². The number of rotatable bonds is 1. The Morgan fingerprint density at radius 2 is 1.89 bits per heavy atom. The number of nitrogens with zero attached hydrogens (tertiary/aromatic N) is 4. The second kappa shape index (κ2) is 1.73. The lowest BCUT2D eigenvalue weighted by molar-refractivity contribution is -0.139. The van der Waals surface area contributed by atoms with Gasteiger partial charge < -0.3 is 5.11 Å². The van der Waals surface area contributed by atoms with E-state index in [0.717, 1.165) is 0 Å². The van der Waals surface area contributed by atoms with Crippen molar-refractivity contribution in [2.24, 2.45) is 20.7 Å².